The molecule has 3 nitrogen and oxygen atoms in total. The number of carboxylic acid groups (broad SMARTS) is 1. The van der Waals surface area contributed by atoms with Crippen LogP contribution in [-0.2, 0) is 4.79 Å². The van der Waals surface area contributed by atoms with Crippen molar-refractivity contribution in [1.82, 2.24) is 5.32 Å². The van der Waals surface area contributed by atoms with E-state index < -0.39 is 5.97 Å². The molecule has 2 N–H and O–H groups in total. The summed E-state index contributed by atoms with van der Waals surface area (Å²) < 4.78 is 0. The summed E-state index contributed by atoms with van der Waals surface area (Å²) in [6, 6.07) is 0. The summed E-state index contributed by atoms with van der Waals surface area (Å²) in [5.41, 5.74) is 0. The highest BCUT2D eigenvalue weighted by molar-refractivity contribution is 5.69. The molecule has 0 saturated heterocycles. The van der Waals surface area contributed by atoms with Gasteiger partial charge in [0.2, 0.25) is 0 Å². The molecule has 0 bridgehead atoms. The van der Waals surface area contributed by atoms with Gasteiger partial charge in [-0.15, -0.1) is 0 Å². The van der Waals surface area contributed by atoms with Crippen LogP contribution in [0.3, 0.4) is 0 Å². The lowest BCUT2D eigenvalue weighted by atomic mass is 10.1. The summed E-state index contributed by atoms with van der Waals surface area (Å²) >= 11 is 0. The fraction of sp³-hybridized carbons (Fsp3) is 0.857. The van der Waals surface area contributed by atoms with Gasteiger partial charge in [0.25, 0.3) is 0 Å². The molecule has 0 aliphatic rings. The molecule has 1 atom stereocenters. The number of rotatable bonds is 5. The standard InChI is InChI=1S/C7H15NO2/c1-6(7(9)10)4-3-5-8-2/h6,8H,3-5H2,1-2H3,(H,9,10)/t6-/m0/s1. The van der Waals surface area contributed by atoms with Crippen LogP contribution in [0.1, 0.15) is 19.8 Å². The molecule has 0 unspecified atom stereocenters. The molecule has 0 fully saturated rings. The van der Waals surface area contributed by atoms with Crippen molar-refractivity contribution >= 4 is 5.97 Å². The molecule has 0 aromatic rings. The first-order valence-electron chi connectivity index (χ1n) is 3.56. The molecule has 3 heteroatoms. The quantitative estimate of drug-likeness (QED) is 0.560. The number of aliphatic carboxylic acids is 1. The smallest absolute Gasteiger partial charge is 0.306 e. The number of hydrogen-bond donors (Lipinski definition) is 2. The second-order valence-electron chi connectivity index (χ2n) is 2.49. The van der Waals surface area contributed by atoms with Gasteiger partial charge in [0, 0.05) is 0 Å². The molecule has 0 spiro atoms. The minimum absolute atomic E-state index is 0.201. The van der Waals surface area contributed by atoms with Crippen molar-refractivity contribution in [2.75, 3.05) is 13.6 Å². The third-order valence-electron chi connectivity index (χ3n) is 1.49. The van der Waals surface area contributed by atoms with E-state index in [2.05, 4.69) is 5.32 Å². The Morgan fingerprint density at radius 3 is 2.70 bits per heavy atom. The Balaban J connectivity index is 3.21. The van der Waals surface area contributed by atoms with E-state index in [1.165, 1.54) is 0 Å². The minimum atomic E-state index is -0.698. The molecule has 0 heterocycles. The molecule has 0 aromatic carbocycles. The summed E-state index contributed by atoms with van der Waals surface area (Å²) in [6.45, 7) is 2.63. The second kappa shape index (κ2) is 5.23. The van der Waals surface area contributed by atoms with Crippen LogP contribution in [0.2, 0.25) is 0 Å². The van der Waals surface area contributed by atoms with E-state index in [0.717, 1.165) is 19.4 Å². The predicted molar refractivity (Wildman–Crippen MR) is 40.0 cm³/mol. The zero-order chi connectivity index (χ0) is 7.98. The van der Waals surface area contributed by atoms with Gasteiger partial charge in [0.05, 0.1) is 5.92 Å². The van der Waals surface area contributed by atoms with E-state index >= 15 is 0 Å². The van der Waals surface area contributed by atoms with Crippen LogP contribution < -0.4 is 5.32 Å². The van der Waals surface area contributed by atoms with Crippen LogP contribution in [0.25, 0.3) is 0 Å². The van der Waals surface area contributed by atoms with Crippen LogP contribution in [0.15, 0.2) is 0 Å². The molecular weight excluding hydrogens is 130 g/mol. The van der Waals surface area contributed by atoms with Crippen molar-refractivity contribution in [1.29, 1.82) is 0 Å². The highest BCUT2D eigenvalue weighted by Gasteiger charge is 2.08. The van der Waals surface area contributed by atoms with Gasteiger partial charge in [-0.25, -0.2) is 0 Å². The SMILES string of the molecule is CNCCC[C@H](C)C(=O)O. The summed E-state index contributed by atoms with van der Waals surface area (Å²) in [7, 11) is 1.87. The molecule has 0 amide bonds. The molecule has 60 valence electrons. The Bertz CT molecular complexity index is 104. The number of hydrogen-bond acceptors (Lipinski definition) is 2. The number of carbonyl (C=O) groups is 1. The molecule has 0 radical (unpaired) electrons. The lowest BCUT2D eigenvalue weighted by molar-refractivity contribution is -0.141. The van der Waals surface area contributed by atoms with E-state index in [0.29, 0.717) is 0 Å². The van der Waals surface area contributed by atoms with Crippen molar-refractivity contribution in [3.05, 3.63) is 0 Å². The van der Waals surface area contributed by atoms with E-state index in [-0.39, 0.29) is 5.92 Å². The first-order chi connectivity index (χ1) is 4.68. The third kappa shape index (κ3) is 4.32. The van der Waals surface area contributed by atoms with E-state index in [1.807, 2.05) is 7.05 Å². The van der Waals surface area contributed by atoms with Crippen molar-refractivity contribution in [2.24, 2.45) is 5.92 Å². The molecule has 0 aliphatic carbocycles. The molecule has 0 aliphatic heterocycles. The average Bonchev–Trinajstić information content (AvgIpc) is 1.88. The predicted octanol–water partition coefficient (Wildman–Crippen LogP) is 0.707. The summed E-state index contributed by atoms with van der Waals surface area (Å²) in [5.74, 6) is -0.899. The summed E-state index contributed by atoms with van der Waals surface area (Å²) in [4.78, 5) is 10.3. The first-order valence-corrected chi connectivity index (χ1v) is 3.56. The monoisotopic (exact) mass is 145 g/mol. The van der Waals surface area contributed by atoms with Gasteiger partial charge < -0.3 is 10.4 Å². The van der Waals surface area contributed by atoms with Crippen LogP contribution >= 0.6 is 0 Å². The van der Waals surface area contributed by atoms with Gasteiger partial charge in [-0.05, 0) is 26.4 Å². The van der Waals surface area contributed by atoms with Gasteiger partial charge in [-0.1, -0.05) is 6.92 Å². The maximum absolute atomic E-state index is 10.3. The molecule has 10 heavy (non-hydrogen) atoms. The van der Waals surface area contributed by atoms with E-state index in [9.17, 15) is 4.79 Å². The fourth-order valence-electron chi connectivity index (χ4n) is 0.709. The van der Waals surface area contributed by atoms with Crippen molar-refractivity contribution < 1.29 is 9.90 Å². The Morgan fingerprint density at radius 1 is 1.70 bits per heavy atom. The van der Waals surface area contributed by atoms with Gasteiger partial charge in [0.1, 0.15) is 0 Å². The van der Waals surface area contributed by atoms with Gasteiger partial charge >= 0.3 is 5.97 Å². The van der Waals surface area contributed by atoms with Crippen molar-refractivity contribution in [3.63, 3.8) is 0 Å². The van der Waals surface area contributed by atoms with Crippen LogP contribution in [-0.4, -0.2) is 24.7 Å². The zero-order valence-electron chi connectivity index (χ0n) is 6.55. The summed E-state index contributed by atoms with van der Waals surface area (Å²) in [5, 5.41) is 11.4. The second-order valence-corrected chi connectivity index (χ2v) is 2.49. The molecular formula is C7H15NO2. The topological polar surface area (TPSA) is 49.3 Å². The fourth-order valence-corrected chi connectivity index (χ4v) is 0.709. The van der Waals surface area contributed by atoms with Crippen molar-refractivity contribution in [2.45, 2.75) is 19.8 Å². The number of carboxylic acids is 1. The van der Waals surface area contributed by atoms with Crippen LogP contribution in [0.5, 0.6) is 0 Å². The Hall–Kier alpha value is -0.570. The normalized spacial score (nSPS) is 13.0. The molecule has 0 saturated carbocycles. The average molecular weight is 145 g/mol. The first kappa shape index (κ1) is 9.43. The zero-order valence-corrected chi connectivity index (χ0v) is 6.55. The number of nitrogens with one attached hydrogen (secondary N) is 1. The van der Waals surface area contributed by atoms with Gasteiger partial charge in [-0.2, -0.15) is 0 Å². The third-order valence-corrected chi connectivity index (χ3v) is 1.49. The van der Waals surface area contributed by atoms with Gasteiger partial charge in [-0.3, -0.25) is 4.79 Å². The molecule has 0 aromatic heterocycles. The maximum Gasteiger partial charge on any atom is 0.306 e. The Labute approximate surface area is 61.4 Å². The Kier molecular flexibility index (Phi) is 4.94. The lowest BCUT2D eigenvalue weighted by Crippen LogP contribution is -2.13. The summed E-state index contributed by atoms with van der Waals surface area (Å²) in [6.07, 6.45) is 1.69. The van der Waals surface area contributed by atoms with Gasteiger partial charge in [0.15, 0.2) is 0 Å². The highest BCUT2D eigenvalue weighted by atomic mass is 16.4. The van der Waals surface area contributed by atoms with Crippen LogP contribution in [0.4, 0.5) is 0 Å². The largest absolute Gasteiger partial charge is 0.481 e. The van der Waals surface area contributed by atoms with Crippen LogP contribution in [0, 0.1) is 5.92 Å². The van der Waals surface area contributed by atoms with E-state index in [1.54, 1.807) is 6.92 Å². The minimum Gasteiger partial charge on any atom is -0.481 e. The van der Waals surface area contributed by atoms with E-state index in [4.69, 9.17) is 5.11 Å². The maximum atomic E-state index is 10.3. The van der Waals surface area contributed by atoms with Crippen molar-refractivity contribution in [3.8, 4) is 0 Å². The Morgan fingerprint density at radius 2 is 2.30 bits per heavy atom. The highest BCUT2D eigenvalue weighted by Crippen LogP contribution is 2.03. The lowest BCUT2D eigenvalue weighted by Gasteiger charge is -2.03. The molecule has 0 rings (SSSR count).